The topological polar surface area (TPSA) is 90.1 Å². The van der Waals surface area contributed by atoms with E-state index in [4.69, 9.17) is 4.74 Å². The smallest absolute Gasteiger partial charge is 0.453 e. The van der Waals surface area contributed by atoms with Crippen LogP contribution in [0.4, 0.5) is 24.0 Å². The van der Waals surface area contributed by atoms with E-state index in [1.54, 1.807) is 19.2 Å². The molecule has 0 atom stereocenters. The minimum absolute atomic E-state index is 0.00863. The third-order valence-electron chi connectivity index (χ3n) is 3.41. The van der Waals surface area contributed by atoms with Crippen LogP contribution in [0.1, 0.15) is 5.82 Å². The molecule has 0 amide bonds. The first kappa shape index (κ1) is 18.4. The lowest BCUT2D eigenvalue weighted by molar-refractivity contribution is -0.146. The van der Waals surface area contributed by atoms with E-state index >= 15 is 0 Å². The molecular weight excluding hydrogens is 415 g/mol. The van der Waals surface area contributed by atoms with E-state index in [1.807, 2.05) is 18.2 Å². The van der Waals surface area contributed by atoms with Gasteiger partial charge in [-0.2, -0.15) is 22.8 Å². The third kappa shape index (κ3) is 3.84. The van der Waals surface area contributed by atoms with Gasteiger partial charge in [0.05, 0.1) is 7.11 Å². The summed E-state index contributed by atoms with van der Waals surface area (Å²) in [6.45, 7) is 0. The molecule has 8 nitrogen and oxygen atoms in total. The van der Waals surface area contributed by atoms with Gasteiger partial charge in [-0.25, -0.2) is 0 Å². The van der Waals surface area contributed by atoms with Crippen molar-refractivity contribution in [2.24, 2.45) is 0 Å². The summed E-state index contributed by atoms with van der Waals surface area (Å²) in [6, 6.07) is 10.2. The quantitative estimate of drug-likeness (QED) is 0.515. The van der Waals surface area contributed by atoms with Crippen LogP contribution in [0.2, 0.25) is 0 Å². The summed E-state index contributed by atoms with van der Waals surface area (Å²) in [5.74, 6) is -0.487. The number of nitrogens with zero attached hydrogens (tertiary/aromatic N) is 6. The molecule has 4 aromatic rings. The van der Waals surface area contributed by atoms with Crippen molar-refractivity contribution in [2.75, 3.05) is 12.4 Å². The van der Waals surface area contributed by atoms with E-state index in [1.165, 1.54) is 17.4 Å². The van der Waals surface area contributed by atoms with Gasteiger partial charge in [0, 0.05) is 11.8 Å². The Bertz CT molecular complexity index is 1130. The molecule has 0 spiro atoms. The number of nitrogens with one attached hydrogen (secondary N) is 1. The van der Waals surface area contributed by atoms with Gasteiger partial charge in [0.1, 0.15) is 10.8 Å². The van der Waals surface area contributed by atoms with Crippen LogP contribution < -0.4 is 10.1 Å². The van der Waals surface area contributed by atoms with Crippen LogP contribution in [-0.2, 0) is 6.18 Å². The van der Waals surface area contributed by atoms with Crippen LogP contribution in [0.5, 0.6) is 5.75 Å². The fraction of sp³-hybridized carbons (Fsp3) is 0.133. The number of aromatic nitrogens is 6. The average Bonchev–Trinajstić information content (AvgIpc) is 3.28. The standard InChI is InChI=1S/C15H10F3N7OS2/c1-26-9-4-2-3-8(7-9)19-13-22-23-14(28-13)27-11-6-5-10-20-21-12(15(16,17)18)25(10)24-11/h2-7H,1H3,(H,19,22). The summed E-state index contributed by atoms with van der Waals surface area (Å²) in [4.78, 5) is 0. The second-order valence-corrected chi connectivity index (χ2v) is 7.54. The molecule has 0 saturated heterocycles. The van der Waals surface area contributed by atoms with Gasteiger partial charge in [0.15, 0.2) is 9.99 Å². The monoisotopic (exact) mass is 425 g/mol. The van der Waals surface area contributed by atoms with Gasteiger partial charge in [-0.1, -0.05) is 17.4 Å². The van der Waals surface area contributed by atoms with Crippen molar-refractivity contribution in [2.45, 2.75) is 15.5 Å². The number of rotatable bonds is 5. The number of halogens is 3. The van der Waals surface area contributed by atoms with Gasteiger partial charge in [-0.15, -0.1) is 20.4 Å². The van der Waals surface area contributed by atoms with Crippen molar-refractivity contribution < 1.29 is 17.9 Å². The summed E-state index contributed by atoms with van der Waals surface area (Å²) in [7, 11) is 1.57. The molecule has 3 aromatic heterocycles. The molecule has 0 saturated carbocycles. The molecular formula is C15H10F3N7OS2. The third-order valence-corrected chi connectivity index (χ3v) is 5.23. The fourth-order valence-corrected chi connectivity index (χ4v) is 3.89. The largest absolute Gasteiger partial charge is 0.497 e. The van der Waals surface area contributed by atoms with Crippen molar-refractivity contribution >= 4 is 39.6 Å². The van der Waals surface area contributed by atoms with Crippen molar-refractivity contribution in [1.82, 2.24) is 30.0 Å². The molecule has 4 rings (SSSR count). The second kappa shape index (κ2) is 7.24. The zero-order valence-corrected chi connectivity index (χ0v) is 15.6. The molecule has 144 valence electrons. The first-order valence-corrected chi connectivity index (χ1v) is 9.28. The Morgan fingerprint density at radius 2 is 1.96 bits per heavy atom. The van der Waals surface area contributed by atoms with Crippen molar-refractivity contribution in [3.63, 3.8) is 0 Å². The summed E-state index contributed by atoms with van der Waals surface area (Å²) >= 11 is 2.33. The molecule has 0 fully saturated rings. The molecule has 0 radical (unpaired) electrons. The van der Waals surface area contributed by atoms with Crippen LogP contribution in [0.25, 0.3) is 5.65 Å². The molecule has 0 unspecified atom stereocenters. The van der Waals surface area contributed by atoms with Gasteiger partial charge in [-0.3, -0.25) is 0 Å². The Hall–Kier alpha value is -2.93. The summed E-state index contributed by atoms with van der Waals surface area (Å²) < 4.78 is 45.2. The summed E-state index contributed by atoms with van der Waals surface area (Å²) in [5.41, 5.74) is 0.778. The van der Waals surface area contributed by atoms with Crippen LogP contribution in [-0.4, -0.2) is 37.1 Å². The number of hydrogen-bond donors (Lipinski definition) is 1. The second-order valence-electron chi connectivity index (χ2n) is 5.30. The lowest BCUT2D eigenvalue weighted by Gasteiger charge is -2.04. The van der Waals surface area contributed by atoms with E-state index in [0.717, 1.165) is 17.4 Å². The number of fused-ring (bicyclic) bond motifs is 1. The molecule has 13 heteroatoms. The minimum atomic E-state index is -4.65. The number of anilines is 2. The molecule has 3 heterocycles. The SMILES string of the molecule is COc1cccc(Nc2nnc(Sc3ccc4nnc(C(F)(F)F)n4n3)s2)c1. The molecule has 0 bridgehead atoms. The van der Waals surface area contributed by atoms with Crippen LogP contribution in [0, 0.1) is 0 Å². The Labute approximate surface area is 163 Å². The Morgan fingerprint density at radius 3 is 2.75 bits per heavy atom. The molecule has 0 aliphatic heterocycles. The summed E-state index contributed by atoms with van der Waals surface area (Å²) in [5, 5.41) is 22.6. The molecule has 0 aliphatic rings. The van der Waals surface area contributed by atoms with Crippen LogP contribution in [0.3, 0.4) is 0 Å². The fourth-order valence-electron chi connectivity index (χ4n) is 2.22. The minimum Gasteiger partial charge on any atom is -0.497 e. The highest BCUT2D eigenvalue weighted by Gasteiger charge is 2.37. The number of methoxy groups -OCH3 is 1. The predicted molar refractivity (Wildman–Crippen MR) is 96.1 cm³/mol. The lowest BCUT2D eigenvalue weighted by atomic mass is 10.3. The van der Waals surface area contributed by atoms with Gasteiger partial charge in [0.25, 0.3) is 5.82 Å². The van der Waals surface area contributed by atoms with E-state index in [2.05, 4.69) is 30.8 Å². The molecule has 28 heavy (non-hydrogen) atoms. The Kier molecular flexibility index (Phi) is 4.77. The Balaban J connectivity index is 1.53. The summed E-state index contributed by atoms with van der Waals surface area (Å²) in [6.07, 6.45) is -4.65. The molecule has 0 aliphatic carbocycles. The van der Waals surface area contributed by atoms with Gasteiger partial charge in [0.2, 0.25) is 5.13 Å². The van der Waals surface area contributed by atoms with Crippen molar-refractivity contribution in [1.29, 1.82) is 0 Å². The maximum absolute atomic E-state index is 13.0. The average molecular weight is 425 g/mol. The van der Waals surface area contributed by atoms with E-state index in [0.29, 0.717) is 24.8 Å². The number of hydrogen-bond acceptors (Lipinski definition) is 9. The highest BCUT2D eigenvalue weighted by Crippen LogP contribution is 2.33. The van der Waals surface area contributed by atoms with Gasteiger partial charge >= 0.3 is 6.18 Å². The zero-order valence-electron chi connectivity index (χ0n) is 14.0. The normalized spacial score (nSPS) is 11.7. The number of benzene rings is 1. The lowest BCUT2D eigenvalue weighted by Crippen LogP contribution is -2.12. The van der Waals surface area contributed by atoms with Gasteiger partial charge in [-0.05, 0) is 36.0 Å². The van der Waals surface area contributed by atoms with Crippen LogP contribution >= 0.6 is 23.1 Å². The highest BCUT2D eigenvalue weighted by atomic mass is 32.2. The first-order valence-electron chi connectivity index (χ1n) is 7.64. The molecule has 1 N–H and O–H groups in total. The maximum Gasteiger partial charge on any atom is 0.453 e. The predicted octanol–water partition coefficient (Wildman–Crippen LogP) is 3.90. The maximum atomic E-state index is 13.0. The van der Waals surface area contributed by atoms with E-state index in [9.17, 15) is 13.2 Å². The zero-order chi connectivity index (χ0) is 19.7. The van der Waals surface area contributed by atoms with Crippen LogP contribution in [0.15, 0.2) is 45.8 Å². The van der Waals surface area contributed by atoms with Gasteiger partial charge < -0.3 is 10.1 Å². The highest BCUT2D eigenvalue weighted by molar-refractivity contribution is 8.01. The first-order chi connectivity index (χ1) is 13.4. The van der Waals surface area contributed by atoms with E-state index in [-0.39, 0.29) is 5.65 Å². The number of alkyl halides is 3. The van der Waals surface area contributed by atoms with Crippen molar-refractivity contribution in [3.8, 4) is 5.75 Å². The van der Waals surface area contributed by atoms with Crippen molar-refractivity contribution in [3.05, 3.63) is 42.2 Å². The van der Waals surface area contributed by atoms with E-state index < -0.39 is 12.0 Å². The Morgan fingerprint density at radius 1 is 1.11 bits per heavy atom. The molecule has 1 aromatic carbocycles. The number of ether oxygens (including phenoxy) is 1.